The zero-order chi connectivity index (χ0) is 12.8. The summed E-state index contributed by atoms with van der Waals surface area (Å²) in [5, 5.41) is 5.32. The Kier molecular flexibility index (Phi) is 3.21. The molecule has 2 aliphatic rings. The summed E-state index contributed by atoms with van der Waals surface area (Å²) in [5.74, 6) is 0.482. The van der Waals surface area contributed by atoms with Gasteiger partial charge in [-0.3, -0.25) is 0 Å². The van der Waals surface area contributed by atoms with Crippen molar-refractivity contribution in [2.24, 2.45) is 5.92 Å². The zero-order valence-corrected chi connectivity index (χ0v) is 12.0. The summed E-state index contributed by atoms with van der Waals surface area (Å²) in [4.78, 5) is 0. The maximum atomic E-state index is 12.1. The van der Waals surface area contributed by atoms with Crippen molar-refractivity contribution in [3.8, 4) is 0 Å². The Balaban J connectivity index is 1.63. The first-order valence-corrected chi connectivity index (χ1v) is 8.74. The number of rotatable bonds is 6. The predicted octanol–water partition coefficient (Wildman–Crippen LogP) is 1.69. The van der Waals surface area contributed by atoms with Crippen LogP contribution in [-0.4, -0.2) is 20.5 Å². The van der Waals surface area contributed by atoms with E-state index in [1.807, 2.05) is 5.38 Å². The lowest BCUT2D eigenvalue weighted by Gasteiger charge is -2.02. The molecule has 0 aromatic carbocycles. The van der Waals surface area contributed by atoms with Crippen molar-refractivity contribution in [1.29, 1.82) is 0 Å². The van der Waals surface area contributed by atoms with E-state index in [-0.39, 0.29) is 6.04 Å². The molecule has 0 radical (unpaired) electrons. The highest BCUT2D eigenvalue weighted by Gasteiger charge is 2.36. The van der Waals surface area contributed by atoms with Crippen LogP contribution in [0.5, 0.6) is 0 Å². The third-order valence-corrected chi connectivity index (χ3v) is 6.46. The highest BCUT2D eigenvalue weighted by molar-refractivity contribution is 7.91. The van der Waals surface area contributed by atoms with Crippen LogP contribution in [-0.2, 0) is 16.6 Å². The Morgan fingerprint density at radius 3 is 2.78 bits per heavy atom. The van der Waals surface area contributed by atoms with Gasteiger partial charge in [0, 0.05) is 18.6 Å². The summed E-state index contributed by atoms with van der Waals surface area (Å²) < 4.78 is 27.3. The molecule has 1 aromatic heterocycles. The average molecular weight is 286 g/mol. The molecule has 2 aliphatic carbocycles. The van der Waals surface area contributed by atoms with Crippen LogP contribution in [0.15, 0.2) is 15.7 Å². The molecule has 3 rings (SSSR count). The first-order valence-electron chi connectivity index (χ1n) is 6.38. The van der Waals surface area contributed by atoms with Gasteiger partial charge in [-0.25, -0.2) is 13.1 Å². The SMILES string of the molecule is CC1CC1NS(=O)(=O)c1cc(CNC2CC2)cs1. The maximum absolute atomic E-state index is 12.1. The summed E-state index contributed by atoms with van der Waals surface area (Å²) >= 11 is 1.31. The number of thiophene rings is 1. The molecule has 1 heterocycles. The van der Waals surface area contributed by atoms with Crippen LogP contribution in [0.1, 0.15) is 31.7 Å². The van der Waals surface area contributed by atoms with Gasteiger partial charge in [0.25, 0.3) is 0 Å². The van der Waals surface area contributed by atoms with Gasteiger partial charge < -0.3 is 5.32 Å². The minimum atomic E-state index is -3.29. The molecule has 4 nitrogen and oxygen atoms in total. The van der Waals surface area contributed by atoms with Gasteiger partial charge in [0.05, 0.1) is 0 Å². The Hall–Kier alpha value is -0.430. The van der Waals surface area contributed by atoms with E-state index in [2.05, 4.69) is 17.0 Å². The van der Waals surface area contributed by atoms with E-state index in [4.69, 9.17) is 0 Å². The highest BCUT2D eigenvalue weighted by Crippen LogP contribution is 2.31. The smallest absolute Gasteiger partial charge is 0.250 e. The summed E-state index contributed by atoms with van der Waals surface area (Å²) in [7, 11) is -3.29. The van der Waals surface area contributed by atoms with E-state index in [1.165, 1.54) is 24.2 Å². The Morgan fingerprint density at radius 1 is 1.44 bits per heavy atom. The molecule has 2 fully saturated rings. The van der Waals surface area contributed by atoms with Crippen LogP contribution < -0.4 is 10.0 Å². The molecule has 0 bridgehead atoms. The van der Waals surface area contributed by atoms with Crippen LogP contribution in [0.25, 0.3) is 0 Å². The fourth-order valence-electron chi connectivity index (χ4n) is 1.88. The largest absolute Gasteiger partial charge is 0.310 e. The van der Waals surface area contributed by atoms with Gasteiger partial charge >= 0.3 is 0 Å². The summed E-state index contributed by atoms with van der Waals surface area (Å²) in [6, 6.07) is 2.58. The van der Waals surface area contributed by atoms with Crippen LogP contribution in [0.2, 0.25) is 0 Å². The fraction of sp³-hybridized carbons (Fsp3) is 0.667. The quantitative estimate of drug-likeness (QED) is 0.836. The first kappa shape index (κ1) is 12.6. The van der Waals surface area contributed by atoms with Crippen molar-refractivity contribution >= 4 is 21.4 Å². The minimum Gasteiger partial charge on any atom is -0.310 e. The van der Waals surface area contributed by atoms with E-state index >= 15 is 0 Å². The standard InChI is InChI=1S/C12H18N2O2S2/c1-8-4-11(8)14-18(15,16)12-5-9(7-17-12)6-13-10-2-3-10/h5,7-8,10-11,13-14H,2-4,6H2,1H3. The predicted molar refractivity (Wildman–Crippen MR) is 72.1 cm³/mol. The third kappa shape index (κ3) is 2.93. The average Bonchev–Trinajstić information content (AvgIpc) is 3.19. The normalized spacial score (nSPS) is 27.4. The maximum Gasteiger partial charge on any atom is 0.250 e. The lowest BCUT2D eigenvalue weighted by atomic mass is 10.3. The minimum absolute atomic E-state index is 0.144. The van der Waals surface area contributed by atoms with Crippen molar-refractivity contribution in [2.75, 3.05) is 0 Å². The molecule has 0 spiro atoms. The number of hydrogen-bond donors (Lipinski definition) is 2. The lowest BCUT2D eigenvalue weighted by Crippen LogP contribution is -2.26. The van der Waals surface area contributed by atoms with Crippen molar-refractivity contribution in [3.63, 3.8) is 0 Å². The molecule has 2 atom stereocenters. The lowest BCUT2D eigenvalue weighted by molar-refractivity contribution is 0.580. The second-order valence-electron chi connectivity index (χ2n) is 5.37. The van der Waals surface area contributed by atoms with Gasteiger partial charge in [-0.1, -0.05) is 6.92 Å². The molecule has 6 heteroatoms. The van der Waals surface area contributed by atoms with E-state index in [1.54, 1.807) is 6.07 Å². The van der Waals surface area contributed by atoms with Gasteiger partial charge in [0.2, 0.25) is 10.0 Å². The molecular formula is C12H18N2O2S2. The second-order valence-corrected chi connectivity index (χ2v) is 8.22. The Labute approximate surface area is 112 Å². The van der Waals surface area contributed by atoms with Crippen LogP contribution in [0.3, 0.4) is 0 Å². The molecule has 18 heavy (non-hydrogen) atoms. The molecule has 0 aliphatic heterocycles. The highest BCUT2D eigenvalue weighted by atomic mass is 32.2. The summed E-state index contributed by atoms with van der Waals surface area (Å²) in [5.41, 5.74) is 1.07. The van der Waals surface area contributed by atoms with Gasteiger partial charge in [-0.15, -0.1) is 11.3 Å². The second kappa shape index (κ2) is 4.59. The molecular weight excluding hydrogens is 268 g/mol. The first-order chi connectivity index (χ1) is 8.54. The van der Waals surface area contributed by atoms with E-state index in [0.717, 1.165) is 18.5 Å². The molecule has 1 aromatic rings. The van der Waals surface area contributed by atoms with Gasteiger partial charge in [0.15, 0.2) is 0 Å². The van der Waals surface area contributed by atoms with Crippen LogP contribution in [0.4, 0.5) is 0 Å². The van der Waals surface area contributed by atoms with Crippen LogP contribution >= 0.6 is 11.3 Å². The van der Waals surface area contributed by atoms with Gasteiger partial charge in [-0.05, 0) is 42.2 Å². The Morgan fingerprint density at radius 2 is 2.17 bits per heavy atom. The molecule has 2 saturated carbocycles. The molecule has 2 unspecified atom stereocenters. The molecule has 2 N–H and O–H groups in total. The van der Waals surface area contributed by atoms with Crippen LogP contribution in [0, 0.1) is 5.92 Å². The van der Waals surface area contributed by atoms with E-state index in [0.29, 0.717) is 16.2 Å². The number of hydrogen-bond acceptors (Lipinski definition) is 4. The van der Waals surface area contributed by atoms with Crippen molar-refractivity contribution in [2.45, 2.75) is 49.0 Å². The molecule has 0 amide bonds. The molecule has 0 saturated heterocycles. The van der Waals surface area contributed by atoms with Gasteiger partial charge in [0.1, 0.15) is 4.21 Å². The van der Waals surface area contributed by atoms with E-state index < -0.39 is 10.0 Å². The summed E-state index contributed by atoms with van der Waals surface area (Å²) in [6.07, 6.45) is 3.45. The zero-order valence-electron chi connectivity index (χ0n) is 10.3. The number of sulfonamides is 1. The third-order valence-electron chi connectivity index (χ3n) is 3.48. The fourth-order valence-corrected chi connectivity index (χ4v) is 4.46. The monoisotopic (exact) mass is 286 g/mol. The van der Waals surface area contributed by atoms with Crippen molar-refractivity contribution in [1.82, 2.24) is 10.0 Å². The van der Waals surface area contributed by atoms with Crippen molar-refractivity contribution < 1.29 is 8.42 Å². The molecule has 100 valence electrons. The topological polar surface area (TPSA) is 58.2 Å². The van der Waals surface area contributed by atoms with E-state index in [9.17, 15) is 8.42 Å². The summed E-state index contributed by atoms with van der Waals surface area (Å²) in [6.45, 7) is 2.84. The Bertz CT molecular complexity index is 534. The van der Waals surface area contributed by atoms with Gasteiger partial charge in [-0.2, -0.15) is 0 Å². The van der Waals surface area contributed by atoms with Crippen molar-refractivity contribution in [3.05, 3.63) is 17.0 Å². The number of nitrogens with one attached hydrogen (secondary N) is 2.